The van der Waals surface area contributed by atoms with Crippen molar-refractivity contribution in [2.75, 3.05) is 23.7 Å². The number of nitrogen functional groups attached to an aromatic ring is 1. The first-order valence-corrected chi connectivity index (χ1v) is 10.5. The lowest BCUT2D eigenvalue weighted by Crippen LogP contribution is -2.37. The summed E-state index contributed by atoms with van der Waals surface area (Å²) in [4.78, 5) is 16.1. The molecule has 0 bridgehead atoms. The number of nitrogens with zero attached hydrogens (tertiary/aromatic N) is 6. The third-order valence-electron chi connectivity index (χ3n) is 5.56. The van der Waals surface area contributed by atoms with Gasteiger partial charge in [0, 0.05) is 43.5 Å². The summed E-state index contributed by atoms with van der Waals surface area (Å²) in [5.41, 5.74) is 9.83. The lowest BCUT2D eigenvalue weighted by molar-refractivity contribution is 0.145. The number of aryl methyl sites for hydroxylation is 1. The minimum Gasteiger partial charge on any atom is -0.393 e. The first-order chi connectivity index (χ1) is 15.0. The number of piperidine rings is 1. The number of halogens is 1. The predicted octanol–water partition coefficient (Wildman–Crippen LogP) is 3.29. The Morgan fingerprint density at radius 1 is 1.13 bits per heavy atom. The quantitative estimate of drug-likeness (QED) is 0.508. The molecule has 1 fully saturated rings. The van der Waals surface area contributed by atoms with Crippen molar-refractivity contribution < 1.29 is 5.11 Å². The number of nitrogens with two attached hydrogens (primary N) is 1. The van der Waals surface area contributed by atoms with E-state index in [9.17, 15) is 5.11 Å². The van der Waals surface area contributed by atoms with E-state index in [2.05, 4.69) is 15.0 Å². The molecule has 3 N–H and O–H groups in total. The van der Waals surface area contributed by atoms with Gasteiger partial charge in [0.15, 0.2) is 11.6 Å². The summed E-state index contributed by atoms with van der Waals surface area (Å²) in [5.74, 6) is 0.957. The minimum absolute atomic E-state index is 0.288. The van der Waals surface area contributed by atoms with Gasteiger partial charge in [0.05, 0.1) is 16.6 Å². The molecule has 3 aromatic heterocycles. The maximum atomic E-state index is 9.88. The Bertz CT molecular complexity index is 1260. The van der Waals surface area contributed by atoms with Crippen LogP contribution in [-0.2, 0) is 7.05 Å². The molecular formula is C22H22ClN7O. The molecule has 1 aliphatic rings. The van der Waals surface area contributed by atoms with Crippen molar-refractivity contribution in [2.45, 2.75) is 18.9 Å². The van der Waals surface area contributed by atoms with Crippen LogP contribution in [0.1, 0.15) is 12.8 Å². The number of aliphatic hydroxyl groups excluding tert-OH is 1. The molecule has 158 valence electrons. The van der Waals surface area contributed by atoms with Crippen molar-refractivity contribution in [3.05, 3.63) is 47.7 Å². The summed E-state index contributed by atoms with van der Waals surface area (Å²) >= 11 is 6.56. The van der Waals surface area contributed by atoms with E-state index in [0.29, 0.717) is 59.7 Å². The molecule has 1 aromatic carbocycles. The van der Waals surface area contributed by atoms with E-state index < -0.39 is 0 Å². The van der Waals surface area contributed by atoms with Crippen molar-refractivity contribution in [2.24, 2.45) is 7.05 Å². The first-order valence-electron chi connectivity index (χ1n) is 10.1. The highest BCUT2D eigenvalue weighted by molar-refractivity contribution is 6.35. The lowest BCUT2D eigenvalue weighted by Gasteiger charge is -2.31. The van der Waals surface area contributed by atoms with E-state index in [1.165, 1.54) is 0 Å². The smallest absolute Gasteiger partial charge is 0.172 e. The van der Waals surface area contributed by atoms with Crippen molar-refractivity contribution in [1.29, 1.82) is 0 Å². The average Bonchev–Trinajstić information content (AvgIpc) is 3.20. The number of fused-ring (bicyclic) bond motifs is 1. The number of pyridine rings is 1. The molecule has 0 atom stereocenters. The Labute approximate surface area is 184 Å². The minimum atomic E-state index is -0.288. The molecule has 1 aliphatic heterocycles. The van der Waals surface area contributed by atoms with Crippen LogP contribution in [-0.4, -0.2) is 49.0 Å². The van der Waals surface area contributed by atoms with Crippen molar-refractivity contribution >= 4 is 34.1 Å². The molecule has 0 aliphatic carbocycles. The molecule has 9 heteroatoms. The Balaban J connectivity index is 1.71. The molecule has 8 nitrogen and oxygen atoms in total. The maximum Gasteiger partial charge on any atom is 0.172 e. The Morgan fingerprint density at radius 2 is 1.94 bits per heavy atom. The number of rotatable bonds is 3. The number of aromatic nitrogens is 5. The lowest BCUT2D eigenvalue weighted by atomic mass is 10.0. The number of anilines is 2. The van der Waals surface area contributed by atoms with Gasteiger partial charge in [0.25, 0.3) is 0 Å². The number of hydrogen-bond acceptors (Lipinski definition) is 7. The zero-order valence-electron chi connectivity index (χ0n) is 17.0. The van der Waals surface area contributed by atoms with E-state index in [4.69, 9.17) is 27.3 Å². The van der Waals surface area contributed by atoms with Crippen LogP contribution in [0.25, 0.3) is 33.5 Å². The van der Waals surface area contributed by atoms with Gasteiger partial charge in [0.1, 0.15) is 17.1 Å². The third-order valence-corrected chi connectivity index (χ3v) is 5.84. The summed E-state index contributed by atoms with van der Waals surface area (Å²) in [6.45, 7) is 1.34. The van der Waals surface area contributed by atoms with Gasteiger partial charge in [-0.05, 0) is 37.1 Å². The van der Waals surface area contributed by atoms with Crippen molar-refractivity contribution in [3.8, 4) is 22.6 Å². The van der Waals surface area contributed by atoms with Crippen LogP contribution in [0.5, 0.6) is 0 Å². The Kier molecular flexibility index (Phi) is 4.95. The zero-order valence-corrected chi connectivity index (χ0v) is 17.8. The van der Waals surface area contributed by atoms with E-state index in [-0.39, 0.29) is 6.10 Å². The fourth-order valence-corrected chi connectivity index (χ4v) is 4.23. The molecule has 0 saturated carbocycles. The van der Waals surface area contributed by atoms with E-state index in [1.54, 1.807) is 10.9 Å². The van der Waals surface area contributed by atoms with Crippen molar-refractivity contribution in [3.63, 3.8) is 0 Å². The molecule has 0 radical (unpaired) electrons. The van der Waals surface area contributed by atoms with E-state index >= 15 is 0 Å². The standard InChI is InChI=1S/C22H22ClN7O/c1-29-8-6-17(28-29)20-19(14-11-13-3-2-7-25-18(13)16(23)12-14)27-22(21(24)26-20)30-9-4-15(31)5-10-30/h2-3,6-8,11-12,15,31H,4-5,9-10H2,1H3,(H2,24,26). The van der Waals surface area contributed by atoms with Gasteiger partial charge in [-0.2, -0.15) is 5.10 Å². The molecule has 0 unspecified atom stereocenters. The number of aliphatic hydroxyl groups is 1. The maximum absolute atomic E-state index is 9.88. The fraction of sp³-hybridized carbons (Fsp3) is 0.273. The van der Waals surface area contributed by atoms with Gasteiger partial charge in [-0.3, -0.25) is 9.67 Å². The van der Waals surface area contributed by atoms with Gasteiger partial charge >= 0.3 is 0 Å². The number of benzene rings is 1. The van der Waals surface area contributed by atoms with E-state index in [0.717, 1.165) is 16.5 Å². The van der Waals surface area contributed by atoms with Crippen LogP contribution >= 0.6 is 11.6 Å². The SMILES string of the molecule is Cn1ccc(-c2nc(N)c(N3CCC(O)CC3)nc2-c2cc(Cl)c3ncccc3c2)n1. The van der Waals surface area contributed by atoms with Gasteiger partial charge in [-0.1, -0.05) is 17.7 Å². The highest BCUT2D eigenvalue weighted by Crippen LogP contribution is 2.36. The molecular weight excluding hydrogens is 414 g/mol. The molecule has 4 heterocycles. The Hall–Kier alpha value is -3.23. The molecule has 0 amide bonds. The molecule has 1 saturated heterocycles. The largest absolute Gasteiger partial charge is 0.393 e. The summed E-state index contributed by atoms with van der Waals surface area (Å²) in [6.07, 6.45) is 4.63. The average molecular weight is 436 g/mol. The summed E-state index contributed by atoms with van der Waals surface area (Å²) < 4.78 is 1.72. The highest BCUT2D eigenvalue weighted by atomic mass is 35.5. The molecule has 5 rings (SSSR count). The van der Waals surface area contributed by atoms with Gasteiger partial charge in [-0.25, -0.2) is 9.97 Å². The first kappa shape index (κ1) is 19.7. The molecule has 0 spiro atoms. The van der Waals surface area contributed by atoms with E-state index in [1.807, 2.05) is 43.6 Å². The zero-order chi connectivity index (χ0) is 21.5. The molecule has 31 heavy (non-hydrogen) atoms. The summed E-state index contributed by atoms with van der Waals surface area (Å²) in [5, 5.41) is 15.8. The Morgan fingerprint density at radius 3 is 2.68 bits per heavy atom. The summed E-state index contributed by atoms with van der Waals surface area (Å²) in [7, 11) is 1.85. The second-order valence-electron chi connectivity index (χ2n) is 7.76. The van der Waals surface area contributed by atoms with Crippen LogP contribution in [0.15, 0.2) is 42.7 Å². The fourth-order valence-electron chi connectivity index (χ4n) is 3.96. The van der Waals surface area contributed by atoms with Crippen LogP contribution in [0.2, 0.25) is 5.02 Å². The predicted molar refractivity (Wildman–Crippen MR) is 122 cm³/mol. The van der Waals surface area contributed by atoms with Crippen LogP contribution in [0.4, 0.5) is 11.6 Å². The topological polar surface area (TPSA) is 106 Å². The normalized spacial score (nSPS) is 15.0. The number of hydrogen-bond donors (Lipinski definition) is 2. The van der Waals surface area contributed by atoms with Gasteiger partial charge < -0.3 is 15.7 Å². The second-order valence-corrected chi connectivity index (χ2v) is 8.16. The molecule has 4 aromatic rings. The van der Waals surface area contributed by atoms with Crippen LogP contribution in [0.3, 0.4) is 0 Å². The van der Waals surface area contributed by atoms with Gasteiger partial charge in [-0.15, -0.1) is 0 Å². The highest BCUT2D eigenvalue weighted by Gasteiger charge is 2.24. The van der Waals surface area contributed by atoms with Crippen molar-refractivity contribution in [1.82, 2.24) is 24.7 Å². The van der Waals surface area contributed by atoms with Crippen LogP contribution < -0.4 is 10.6 Å². The third kappa shape index (κ3) is 3.68. The van der Waals surface area contributed by atoms with Crippen LogP contribution in [0, 0.1) is 0 Å². The second kappa shape index (κ2) is 7.79. The summed E-state index contributed by atoms with van der Waals surface area (Å²) in [6, 6.07) is 9.59. The monoisotopic (exact) mass is 435 g/mol. The van der Waals surface area contributed by atoms with Gasteiger partial charge in [0.2, 0.25) is 0 Å².